The van der Waals surface area contributed by atoms with E-state index in [4.69, 9.17) is 10.5 Å². The normalized spacial score (nSPS) is 12.2. The minimum absolute atomic E-state index is 0.115. The third kappa shape index (κ3) is 6.11. The fourth-order valence-electron chi connectivity index (χ4n) is 3.40. The highest BCUT2D eigenvalue weighted by Crippen LogP contribution is 2.29. The molecule has 0 unspecified atom stereocenters. The number of aromatic amines is 1. The molecule has 2 aromatic carbocycles. The molecule has 0 radical (unpaired) electrons. The highest BCUT2D eigenvalue weighted by Gasteiger charge is 2.26. The minimum Gasteiger partial charge on any atom is -0.488 e. The minimum atomic E-state index is -3.92. The first-order valence-electron chi connectivity index (χ1n) is 10.3. The third-order valence-corrected chi connectivity index (χ3v) is 6.80. The number of hydrogen-bond acceptors (Lipinski definition) is 4. The Labute approximate surface area is 196 Å². The second-order valence-electron chi connectivity index (χ2n) is 8.60. The number of rotatable bonds is 9. The zero-order valence-corrected chi connectivity index (χ0v) is 20.8. The van der Waals surface area contributed by atoms with Gasteiger partial charge in [0.1, 0.15) is 21.9 Å². The van der Waals surface area contributed by atoms with Gasteiger partial charge in [0.2, 0.25) is 10.0 Å². The number of amides is 1. The predicted molar refractivity (Wildman–Crippen MR) is 129 cm³/mol. The first kappa shape index (κ1) is 24.3. The van der Waals surface area contributed by atoms with E-state index in [1.807, 2.05) is 45.0 Å². The van der Waals surface area contributed by atoms with Gasteiger partial charge in [0.25, 0.3) is 5.91 Å². The maximum absolute atomic E-state index is 13.0. The third-order valence-electron chi connectivity index (χ3n) is 4.76. The van der Waals surface area contributed by atoms with Crippen LogP contribution in [0.5, 0.6) is 5.75 Å². The van der Waals surface area contributed by atoms with Crippen LogP contribution in [0.2, 0.25) is 0 Å². The summed E-state index contributed by atoms with van der Waals surface area (Å²) >= 11 is 3.34. The molecule has 0 fully saturated rings. The Hall–Kier alpha value is -2.36. The van der Waals surface area contributed by atoms with Gasteiger partial charge in [-0.15, -0.1) is 0 Å². The average Bonchev–Trinajstić information content (AvgIpc) is 3.07. The van der Waals surface area contributed by atoms with Gasteiger partial charge in [-0.2, -0.15) is 0 Å². The quantitative estimate of drug-likeness (QED) is 0.359. The topological polar surface area (TPSA) is 114 Å². The van der Waals surface area contributed by atoms with Crippen molar-refractivity contribution >= 4 is 42.8 Å². The highest BCUT2D eigenvalue weighted by molar-refractivity contribution is 9.10. The fraction of sp³-hybridized carbons (Fsp3) is 0.348. The zero-order chi connectivity index (χ0) is 23.5. The van der Waals surface area contributed by atoms with Gasteiger partial charge >= 0.3 is 0 Å². The molecule has 0 bridgehead atoms. The summed E-state index contributed by atoms with van der Waals surface area (Å²) in [6.07, 6.45) is 2.28. The lowest BCUT2D eigenvalue weighted by molar-refractivity contribution is 0.0993. The van der Waals surface area contributed by atoms with Crippen LogP contribution in [0.3, 0.4) is 0 Å². The number of sulfonamides is 1. The monoisotopic (exact) mass is 521 g/mol. The molecule has 3 rings (SSSR count). The summed E-state index contributed by atoms with van der Waals surface area (Å²) in [6.45, 7) is 6.27. The molecule has 0 aliphatic heterocycles. The van der Waals surface area contributed by atoms with Crippen molar-refractivity contribution in [1.29, 1.82) is 0 Å². The number of hydrogen-bond donors (Lipinski definition) is 3. The van der Waals surface area contributed by atoms with Crippen LogP contribution in [0.25, 0.3) is 10.9 Å². The maximum Gasteiger partial charge on any atom is 0.266 e. The number of aryl methyl sites for hydroxylation is 1. The molecule has 4 N–H and O–H groups in total. The second-order valence-corrected chi connectivity index (χ2v) is 11.2. The Morgan fingerprint density at radius 1 is 1.12 bits per heavy atom. The lowest BCUT2D eigenvalue weighted by atomic mass is 10.1. The fourth-order valence-corrected chi connectivity index (χ4v) is 5.20. The number of fused-ring (bicyclic) bond motifs is 1. The van der Waals surface area contributed by atoms with E-state index in [-0.39, 0.29) is 22.7 Å². The number of H-pyrrole nitrogens is 1. The molecular formula is C23H28BrN3O4S. The molecule has 172 valence electrons. The van der Waals surface area contributed by atoms with Crippen LogP contribution in [0.15, 0.2) is 51.8 Å². The number of benzene rings is 2. The molecule has 7 nitrogen and oxygen atoms in total. The van der Waals surface area contributed by atoms with Gasteiger partial charge in [0, 0.05) is 21.9 Å². The first-order chi connectivity index (χ1) is 15.0. The number of aromatic nitrogens is 1. The molecule has 0 saturated carbocycles. The van der Waals surface area contributed by atoms with Crippen LogP contribution in [0.4, 0.5) is 0 Å². The molecular weight excluding hydrogens is 494 g/mol. The van der Waals surface area contributed by atoms with Crippen molar-refractivity contribution < 1.29 is 17.9 Å². The van der Waals surface area contributed by atoms with Crippen molar-refractivity contribution in [1.82, 2.24) is 9.71 Å². The van der Waals surface area contributed by atoms with Crippen molar-refractivity contribution in [3.8, 4) is 5.75 Å². The van der Waals surface area contributed by atoms with E-state index >= 15 is 0 Å². The van der Waals surface area contributed by atoms with Gasteiger partial charge in [-0.1, -0.05) is 28.1 Å². The number of carbonyl (C=O) groups excluding carboxylic acids is 1. The number of nitrogens with one attached hydrogen (secondary N) is 2. The van der Waals surface area contributed by atoms with E-state index in [2.05, 4.69) is 25.6 Å². The number of nitrogens with two attached hydrogens (primary N) is 1. The molecule has 1 heterocycles. The van der Waals surface area contributed by atoms with E-state index in [0.717, 1.165) is 24.2 Å². The van der Waals surface area contributed by atoms with E-state index < -0.39 is 15.9 Å². The number of halogens is 1. The van der Waals surface area contributed by atoms with Crippen molar-refractivity contribution in [3.63, 3.8) is 0 Å². The molecule has 0 atom stereocenters. The Kier molecular flexibility index (Phi) is 7.32. The van der Waals surface area contributed by atoms with Crippen molar-refractivity contribution in [2.24, 2.45) is 5.73 Å². The molecule has 0 saturated heterocycles. The van der Waals surface area contributed by atoms with Crippen LogP contribution in [0, 0.1) is 0 Å². The highest BCUT2D eigenvalue weighted by atomic mass is 79.9. The van der Waals surface area contributed by atoms with Gasteiger partial charge in [-0.05, 0) is 75.9 Å². The zero-order valence-electron chi connectivity index (χ0n) is 18.4. The van der Waals surface area contributed by atoms with Gasteiger partial charge in [0.05, 0.1) is 0 Å². The average molecular weight is 522 g/mol. The van der Waals surface area contributed by atoms with E-state index in [1.165, 1.54) is 0 Å². The van der Waals surface area contributed by atoms with Crippen molar-refractivity contribution in [2.75, 3.05) is 6.54 Å². The number of primary amides is 1. The largest absolute Gasteiger partial charge is 0.488 e. The molecule has 0 aliphatic rings. The summed E-state index contributed by atoms with van der Waals surface area (Å²) in [5.41, 5.74) is 6.74. The van der Waals surface area contributed by atoms with E-state index in [1.54, 1.807) is 18.2 Å². The molecule has 32 heavy (non-hydrogen) atoms. The van der Waals surface area contributed by atoms with E-state index in [9.17, 15) is 13.2 Å². The molecule has 3 aromatic rings. The summed E-state index contributed by atoms with van der Waals surface area (Å²) in [5.74, 6) is 0.00113. The van der Waals surface area contributed by atoms with Crippen LogP contribution in [-0.4, -0.2) is 31.5 Å². The van der Waals surface area contributed by atoms with Gasteiger partial charge in [0.15, 0.2) is 0 Å². The summed E-state index contributed by atoms with van der Waals surface area (Å²) < 4.78 is 35.0. The maximum atomic E-state index is 13.0. The molecule has 0 spiro atoms. The van der Waals surface area contributed by atoms with Gasteiger partial charge in [-0.25, -0.2) is 13.1 Å². The van der Waals surface area contributed by atoms with Crippen LogP contribution in [0.1, 0.15) is 49.7 Å². The summed E-state index contributed by atoms with van der Waals surface area (Å²) in [7, 11) is -3.92. The second kappa shape index (κ2) is 9.64. The molecule has 0 aliphatic carbocycles. The smallest absolute Gasteiger partial charge is 0.266 e. The molecule has 1 aromatic heterocycles. The molecule has 9 heteroatoms. The molecule has 1 amide bonds. The Bertz CT molecular complexity index is 1210. The SMILES string of the molecule is CC(C)(C)Oc1ccc(CCCCNS(=O)(=O)c2c(C(N)=O)[nH]c3ccc(Br)cc23)cc1. The van der Waals surface area contributed by atoms with Crippen molar-refractivity contribution in [3.05, 3.63) is 58.2 Å². The van der Waals surface area contributed by atoms with E-state index in [0.29, 0.717) is 21.8 Å². The van der Waals surface area contributed by atoms with Crippen LogP contribution in [-0.2, 0) is 16.4 Å². The number of unbranched alkanes of at least 4 members (excludes halogenated alkanes) is 1. The van der Waals surface area contributed by atoms with Gasteiger partial charge < -0.3 is 15.5 Å². The van der Waals surface area contributed by atoms with Crippen molar-refractivity contribution in [2.45, 2.75) is 50.5 Å². The number of carbonyl (C=O) groups is 1. The standard InChI is InChI=1S/C23H28BrN3O4S/c1-23(2,3)31-17-10-7-15(8-11-17)6-4-5-13-26-32(29,30)21-18-14-16(24)9-12-19(18)27-20(21)22(25)28/h7-12,14,26-27H,4-6,13H2,1-3H3,(H2,25,28). The van der Waals surface area contributed by atoms with Crippen LogP contribution < -0.4 is 15.2 Å². The summed E-state index contributed by atoms with van der Waals surface area (Å²) in [4.78, 5) is 14.5. The lowest BCUT2D eigenvalue weighted by Gasteiger charge is -2.21. The first-order valence-corrected chi connectivity index (χ1v) is 12.6. The Balaban J connectivity index is 1.60. The Morgan fingerprint density at radius 2 is 1.81 bits per heavy atom. The summed E-state index contributed by atoms with van der Waals surface area (Å²) in [5, 5.41) is 0.415. The Morgan fingerprint density at radius 3 is 2.44 bits per heavy atom. The number of ether oxygens (including phenoxy) is 1. The summed E-state index contributed by atoms with van der Waals surface area (Å²) in [6, 6.07) is 13.0. The lowest BCUT2D eigenvalue weighted by Crippen LogP contribution is -2.27. The van der Waals surface area contributed by atoms with Crippen LogP contribution >= 0.6 is 15.9 Å². The van der Waals surface area contributed by atoms with Gasteiger partial charge in [-0.3, -0.25) is 4.79 Å². The predicted octanol–water partition coefficient (Wildman–Crippen LogP) is 4.51.